The zero-order valence-electron chi connectivity index (χ0n) is 11.3. The summed E-state index contributed by atoms with van der Waals surface area (Å²) in [6.07, 6.45) is 3.70. The van der Waals surface area contributed by atoms with Crippen LogP contribution < -0.4 is 4.90 Å². The number of thiazole rings is 1. The minimum absolute atomic E-state index is 0.349. The zero-order valence-corrected chi connectivity index (χ0v) is 12.9. The van der Waals surface area contributed by atoms with E-state index in [2.05, 4.69) is 23.1 Å². The lowest BCUT2D eigenvalue weighted by Gasteiger charge is -2.23. The minimum atomic E-state index is -0.867. The molecular formula is C12H20N2O2S2. The van der Waals surface area contributed by atoms with E-state index in [0.717, 1.165) is 23.7 Å². The number of aromatic carboxylic acids is 1. The number of aromatic nitrogens is 1. The summed E-state index contributed by atoms with van der Waals surface area (Å²) >= 11 is 3.06. The fraction of sp³-hybridized carbons (Fsp3) is 0.667. The van der Waals surface area contributed by atoms with Crippen molar-refractivity contribution in [3.05, 3.63) is 10.6 Å². The number of aryl methyl sites for hydroxylation is 1. The molecule has 4 nitrogen and oxygen atoms in total. The van der Waals surface area contributed by atoms with Crippen LogP contribution in [0.2, 0.25) is 0 Å². The normalized spacial score (nSPS) is 12.4. The first-order valence-electron chi connectivity index (χ1n) is 5.96. The lowest BCUT2D eigenvalue weighted by atomic mass is 10.2. The van der Waals surface area contributed by atoms with E-state index < -0.39 is 5.97 Å². The number of nitrogens with zero attached hydrogens (tertiary/aromatic N) is 2. The van der Waals surface area contributed by atoms with Gasteiger partial charge in [-0.2, -0.15) is 11.8 Å². The predicted octanol–water partition coefficient (Wildman–Crippen LogP) is 2.98. The van der Waals surface area contributed by atoms with E-state index in [9.17, 15) is 9.90 Å². The Labute approximate surface area is 116 Å². The second-order valence-corrected chi connectivity index (χ2v) is 6.13. The number of carboxylic acids is 1. The van der Waals surface area contributed by atoms with Crippen molar-refractivity contribution in [3.8, 4) is 0 Å². The summed E-state index contributed by atoms with van der Waals surface area (Å²) in [4.78, 5) is 18.1. The van der Waals surface area contributed by atoms with E-state index in [0.29, 0.717) is 16.6 Å². The minimum Gasteiger partial charge on any atom is -0.477 e. The van der Waals surface area contributed by atoms with Crippen molar-refractivity contribution in [2.75, 3.05) is 24.0 Å². The van der Waals surface area contributed by atoms with Crippen molar-refractivity contribution in [2.45, 2.75) is 32.7 Å². The lowest BCUT2D eigenvalue weighted by Crippen LogP contribution is -2.30. The van der Waals surface area contributed by atoms with Crippen molar-refractivity contribution in [2.24, 2.45) is 0 Å². The third kappa shape index (κ3) is 3.62. The van der Waals surface area contributed by atoms with Crippen LogP contribution in [0, 0.1) is 0 Å². The van der Waals surface area contributed by atoms with Crippen LogP contribution in [0.3, 0.4) is 0 Å². The molecule has 0 radical (unpaired) electrons. The Morgan fingerprint density at radius 3 is 2.78 bits per heavy atom. The van der Waals surface area contributed by atoms with E-state index >= 15 is 0 Å². The van der Waals surface area contributed by atoms with Crippen molar-refractivity contribution in [3.63, 3.8) is 0 Å². The van der Waals surface area contributed by atoms with Gasteiger partial charge in [0, 0.05) is 18.8 Å². The maximum atomic E-state index is 11.2. The van der Waals surface area contributed by atoms with Crippen molar-refractivity contribution >= 4 is 34.2 Å². The third-order valence-corrected chi connectivity index (χ3v) is 4.73. The van der Waals surface area contributed by atoms with Crippen LogP contribution >= 0.6 is 23.1 Å². The first kappa shape index (κ1) is 15.3. The molecule has 0 aliphatic carbocycles. The van der Waals surface area contributed by atoms with Gasteiger partial charge in [-0.15, -0.1) is 0 Å². The van der Waals surface area contributed by atoms with Crippen molar-refractivity contribution in [1.82, 2.24) is 4.98 Å². The average Bonchev–Trinajstić information content (AvgIpc) is 2.73. The van der Waals surface area contributed by atoms with Gasteiger partial charge < -0.3 is 10.0 Å². The van der Waals surface area contributed by atoms with E-state index in [-0.39, 0.29) is 0 Å². The monoisotopic (exact) mass is 288 g/mol. The molecule has 1 N–H and O–H groups in total. The molecule has 1 rings (SSSR count). The van der Waals surface area contributed by atoms with Gasteiger partial charge in [0.1, 0.15) is 4.88 Å². The maximum absolute atomic E-state index is 11.2. The summed E-state index contributed by atoms with van der Waals surface area (Å²) < 4.78 is 0. The molecule has 102 valence electrons. The Kier molecular flexibility index (Phi) is 5.95. The molecule has 1 aromatic rings. The van der Waals surface area contributed by atoms with Crippen molar-refractivity contribution in [1.29, 1.82) is 0 Å². The second-order valence-electron chi connectivity index (χ2n) is 4.24. The van der Waals surface area contributed by atoms with Crippen LogP contribution in [0.4, 0.5) is 5.13 Å². The summed E-state index contributed by atoms with van der Waals surface area (Å²) in [6.45, 7) is 4.16. The molecule has 18 heavy (non-hydrogen) atoms. The quantitative estimate of drug-likeness (QED) is 0.836. The Morgan fingerprint density at radius 2 is 2.28 bits per heavy atom. The predicted molar refractivity (Wildman–Crippen MR) is 79.3 cm³/mol. The fourth-order valence-electron chi connectivity index (χ4n) is 1.60. The molecule has 6 heteroatoms. The molecule has 0 fully saturated rings. The summed E-state index contributed by atoms with van der Waals surface area (Å²) in [6, 6.07) is 0.349. The van der Waals surface area contributed by atoms with Crippen molar-refractivity contribution < 1.29 is 9.90 Å². The van der Waals surface area contributed by atoms with E-state index in [1.54, 1.807) is 11.8 Å². The number of thioether (sulfide) groups is 1. The molecule has 0 saturated carbocycles. The van der Waals surface area contributed by atoms with Gasteiger partial charge in [0.05, 0.1) is 5.69 Å². The van der Waals surface area contributed by atoms with Crippen LogP contribution in [-0.2, 0) is 6.42 Å². The molecule has 0 spiro atoms. The fourth-order valence-corrected chi connectivity index (χ4v) is 3.33. The summed E-state index contributed by atoms with van der Waals surface area (Å²) in [5, 5.41) is 9.98. The molecule has 1 atom stereocenters. The Bertz CT molecular complexity index is 407. The number of hydrogen-bond acceptors (Lipinski definition) is 5. The van der Waals surface area contributed by atoms with Crippen LogP contribution in [0.15, 0.2) is 0 Å². The van der Waals surface area contributed by atoms with E-state index in [1.807, 2.05) is 14.0 Å². The summed E-state index contributed by atoms with van der Waals surface area (Å²) in [5.41, 5.74) is 0.716. The second kappa shape index (κ2) is 6.99. The topological polar surface area (TPSA) is 53.4 Å². The standard InChI is InChI=1S/C12H20N2O2S2/c1-5-6-9-10(11(15)16)18-12(13-9)14(3)8(2)7-17-4/h8H,5-7H2,1-4H3,(H,15,16). The van der Waals surface area contributed by atoms with Gasteiger partial charge in [0.25, 0.3) is 0 Å². The molecule has 0 aliphatic rings. The van der Waals surface area contributed by atoms with Crippen LogP contribution in [0.25, 0.3) is 0 Å². The molecule has 0 bridgehead atoms. The van der Waals surface area contributed by atoms with E-state index in [1.165, 1.54) is 11.3 Å². The molecule has 1 unspecified atom stereocenters. The molecular weight excluding hydrogens is 268 g/mol. The van der Waals surface area contributed by atoms with Crippen LogP contribution in [0.5, 0.6) is 0 Å². The smallest absolute Gasteiger partial charge is 0.347 e. The van der Waals surface area contributed by atoms with Gasteiger partial charge in [-0.3, -0.25) is 0 Å². The van der Waals surface area contributed by atoms with Crippen LogP contribution in [0.1, 0.15) is 35.6 Å². The van der Waals surface area contributed by atoms with Gasteiger partial charge in [-0.1, -0.05) is 24.7 Å². The largest absolute Gasteiger partial charge is 0.477 e. The van der Waals surface area contributed by atoms with Crippen LogP contribution in [-0.4, -0.2) is 41.2 Å². The average molecular weight is 288 g/mol. The Morgan fingerprint density at radius 1 is 1.61 bits per heavy atom. The number of hydrogen-bond donors (Lipinski definition) is 1. The molecule has 0 aliphatic heterocycles. The van der Waals surface area contributed by atoms with Gasteiger partial charge in [0.2, 0.25) is 0 Å². The Balaban J connectivity index is 2.96. The number of carboxylic acid groups (broad SMARTS) is 1. The highest BCUT2D eigenvalue weighted by atomic mass is 32.2. The highest BCUT2D eigenvalue weighted by molar-refractivity contribution is 7.98. The molecule has 0 saturated heterocycles. The number of rotatable bonds is 7. The lowest BCUT2D eigenvalue weighted by molar-refractivity contribution is 0.0700. The maximum Gasteiger partial charge on any atom is 0.347 e. The summed E-state index contributed by atoms with van der Waals surface area (Å²) in [7, 11) is 1.97. The molecule has 1 heterocycles. The van der Waals surface area contributed by atoms with E-state index in [4.69, 9.17) is 0 Å². The van der Waals surface area contributed by atoms with Gasteiger partial charge in [-0.05, 0) is 19.6 Å². The molecule has 0 amide bonds. The molecule has 0 aromatic carbocycles. The SMILES string of the molecule is CCCc1nc(N(C)C(C)CSC)sc1C(=O)O. The highest BCUT2D eigenvalue weighted by Crippen LogP contribution is 2.28. The third-order valence-electron chi connectivity index (χ3n) is 2.74. The highest BCUT2D eigenvalue weighted by Gasteiger charge is 2.20. The van der Waals surface area contributed by atoms with Gasteiger partial charge >= 0.3 is 5.97 Å². The Hall–Kier alpha value is -0.750. The zero-order chi connectivity index (χ0) is 13.7. The first-order chi connectivity index (χ1) is 8.51. The summed E-state index contributed by atoms with van der Waals surface area (Å²) in [5.74, 6) is 0.134. The van der Waals surface area contributed by atoms with Gasteiger partial charge in [0.15, 0.2) is 5.13 Å². The first-order valence-corrected chi connectivity index (χ1v) is 8.17. The van der Waals surface area contributed by atoms with Gasteiger partial charge in [-0.25, -0.2) is 9.78 Å². The molecule has 1 aromatic heterocycles. The number of anilines is 1. The number of carbonyl (C=O) groups is 1.